The van der Waals surface area contributed by atoms with Gasteiger partial charge in [-0.25, -0.2) is 13.9 Å². The van der Waals surface area contributed by atoms with Gasteiger partial charge in [0.1, 0.15) is 30.7 Å². The predicted octanol–water partition coefficient (Wildman–Crippen LogP) is 8.87. The van der Waals surface area contributed by atoms with Crippen molar-refractivity contribution in [1.82, 2.24) is 9.55 Å². The van der Waals surface area contributed by atoms with E-state index >= 15 is 0 Å². The molecule has 1 aliphatic heterocycles. The maximum Gasteiger partial charge on any atom is 0.481 e. The third-order valence-electron chi connectivity index (χ3n) is 11.2. The first-order valence-corrected chi connectivity index (χ1v) is 27.7. The molecule has 0 spiro atoms. The van der Waals surface area contributed by atoms with Crippen LogP contribution in [-0.2, 0) is 51.1 Å². The molecular weight excluding hydrogens is 924 g/mol. The van der Waals surface area contributed by atoms with E-state index in [9.17, 15) is 48.3 Å². The second kappa shape index (κ2) is 35.1. The minimum atomic E-state index is -5.44. The number of aliphatic hydroxyl groups excluding tert-OH is 2. The van der Waals surface area contributed by atoms with E-state index in [0.717, 1.165) is 93.7 Å². The molecule has 21 heteroatoms. The molecule has 1 fully saturated rings. The van der Waals surface area contributed by atoms with Gasteiger partial charge in [0.2, 0.25) is 0 Å². The minimum Gasteiger partial charge on any atom is -0.462 e. The highest BCUT2D eigenvalue weighted by atomic mass is 31.3. The van der Waals surface area contributed by atoms with Crippen molar-refractivity contribution in [3.05, 3.63) is 47.1 Å². The number of allylic oxidation sites excluding steroid dienone is 4. The summed E-state index contributed by atoms with van der Waals surface area (Å²) in [6.45, 7) is 4.25. The lowest BCUT2D eigenvalue weighted by atomic mass is 10.0. The Morgan fingerprint density at radius 2 is 1.35 bits per heavy atom. The molecule has 1 aromatic heterocycles. The van der Waals surface area contributed by atoms with Gasteiger partial charge >= 0.3 is 33.3 Å². The molecule has 0 bridgehead atoms. The summed E-state index contributed by atoms with van der Waals surface area (Å²) in [6.07, 6.45) is 22.6. The lowest BCUT2D eigenvalue weighted by molar-refractivity contribution is -0.161. The Bertz CT molecular complexity index is 1810. The highest BCUT2D eigenvalue weighted by molar-refractivity contribution is 7.61. The van der Waals surface area contributed by atoms with Gasteiger partial charge < -0.3 is 39.9 Å². The number of ketones is 1. The molecule has 0 aromatic carbocycles. The number of nitrogens with zero attached hydrogens (tertiary/aromatic N) is 2. The van der Waals surface area contributed by atoms with Gasteiger partial charge in [-0.05, 0) is 50.2 Å². The van der Waals surface area contributed by atoms with Gasteiger partial charge in [-0.15, -0.1) is 0 Å². The first-order valence-electron chi connectivity index (χ1n) is 24.7. The molecule has 2 unspecified atom stereocenters. The fraction of sp³-hybridized carbons (Fsp3) is 0.766. The van der Waals surface area contributed by atoms with Crippen LogP contribution < -0.4 is 11.4 Å². The van der Waals surface area contributed by atoms with Gasteiger partial charge in [-0.2, -0.15) is 9.29 Å². The fourth-order valence-corrected chi connectivity index (χ4v) is 9.41. The average molecular weight is 1010 g/mol. The second-order valence-electron chi connectivity index (χ2n) is 17.8. The van der Waals surface area contributed by atoms with Crippen LogP contribution in [0.5, 0.6) is 0 Å². The molecular formula is C47H81N3O16P2. The SMILES string of the molecule is CCCCCC(=O)/C=C/C=C\CCCCCCCC(=O)OC[C@H](COP(=O)(O)OP(=O)(O)OC[C@H]1O[C@@H](n2ccc(N)nc2=O)[C@H](O)[C@@H]1O)OC(=O)CCCCCCCCCCCCCC(C)C. The van der Waals surface area contributed by atoms with Gasteiger partial charge in [-0.1, -0.05) is 142 Å². The first kappa shape index (κ1) is 61.0. The van der Waals surface area contributed by atoms with Gasteiger partial charge in [0.15, 0.2) is 18.1 Å². The van der Waals surface area contributed by atoms with Gasteiger partial charge in [-0.3, -0.25) is 28.0 Å². The highest BCUT2D eigenvalue weighted by Crippen LogP contribution is 2.60. The maximum atomic E-state index is 12.8. The number of hydrogen-bond acceptors (Lipinski definition) is 16. The number of unbranched alkanes of at least 4 members (excludes halogenated alkanes) is 17. The monoisotopic (exact) mass is 1010 g/mol. The number of nitrogen functional groups attached to an aromatic ring is 1. The number of carbonyl (C=O) groups is 3. The van der Waals surface area contributed by atoms with Crippen LogP contribution in [0.4, 0.5) is 5.82 Å². The van der Waals surface area contributed by atoms with E-state index in [2.05, 4.69) is 30.1 Å². The van der Waals surface area contributed by atoms with E-state index in [1.807, 2.05) is 12.2 Å². The number of ether oxygens (including phenoxy) is 3. The number of phosphoric ester groups is 2. The Balaban J connectivity index is 1.82. The number of aliphatic hydroxyl groups is 2. The van der Waals surface area contributed by atoms with Crippen molar-refractivity contribution in [3.8, 4) is 0 Å². The van der Waals surface area contributed by atoms with E-state index in [4.69, 9.17) is 29.0 Å². The molecule has 68 heavy (non-hydrogen) atoms. The zero-order valence-electron chi connectivity index (χ0n) is 40.6. The van der Waals surface area contributed by atoms with Crippen molar-refractivity contribution < 1.29 is 71.1 Å². The van der Waals surface area contributed by atoms with Crippen molar-refractivity contribution in [2.24, 2.45) is 5.92 Å². The number of anilines is 1. The third kappa shape index (κ3) is 28.5. The Labute approximate surface area is 402 Å². The summed E-state index contributed by atoms with van der Waals surface area (Å²) in [5.74, 6) is -0.468. The van der Waals surface area contributed by atoms with Gasteiger partial charge in [0, 0.05) is 25.5 Å². The van der Waals surface area contributed by atoms with Crippen LogP contribution in [0, 0.1) is 5.92 Å². The number of rotatable bonds is 40. The predicted molar refractivity (Wildman–Crippen MR) is 257 cm³/mol. The molecule has 7 atom stereocenters. The lowest BCUT2D eigenvalue weighted by Gasteiger charge is -2.21. The standard InChI is InChI=1S/C47H81N3O16P2/c1-4-5-22-28-38(51)29-24-19-15-11-9-13-16-20-25-30-42(52)61-34-39(64-43(53)31-26-21-17-12-8-6-7-10-14-18-23-27-37(2)3)35-62-67(57,58)66-68(59,60)63-36-40-44(54)45(55)46(65-40)50-33-32-41(48)49-47(50)56/h15,19,24,29,32-33,37,39-40,44-46,54-55H,4-14,16-18,20-23,25-28,30-31,34-36H2,1-3H3,(H,57,58)(H,59,60)(H2,48,49,56)/b19-15-,29-24+/t39-,40-,44-,45-,46-/m1/s1. The van der Waals surface area contributed by atoms with Crippen molar-refractivity contribution in [2.45, 2.75) is 206 Å². The zero-order valence-corrected chi connectivity index (χ0v) is 42.4. The molecule has 0 saturated carbocycles. The van der Waals surface area contributed by atoms with Crippen LogP contribution in [0.25, 0.3) is 0 Å². The number of hydrogen-bond donors (Lipinski definition) is 5. The Kier molecular flexibility index (Phi) is 31.5. The molecule has 6 N–H and O–H groups in total. The molecule has 1 aromatic rings. The molecule has 19 nitrogen and oxygen atoms in total. The van der Waals surface area contributed by atoms with Crippen molar-refractivity contribution >= 4 is 39.2 Å². The second-order valence-corrected chi connectivity index (χ2v) is 20.9. The summed E-state index contributed by atoms with van der Waals surface area (Å²) in [5.41, 5.74) is 4.58. The van der Waals surface area contributed by atoms with Crippen LogP contribution >= 0.6 is 15.6 Å². The summed E-state index contributed by atoms with van der Waals surface area (Å²) < 4.78 is 56.7. The molecule has 0 amide bonds. The number of esters is 2. The van der Waals surface area contributed by atoms with Crippen LogP contribution in [0.1, 0.15) is 181 Å². The quantitative estimate of drug-likeness (QED) is 0.0135. The summed E-state index contributed by atoms with van der Waals surface area (Å²) in [5, 5.41) is 20.9. The molecule has 0 radical (unpaired) electrons. The molecule has 2 heterocycles. The van der Waals surface area contributed by atoms with Crippen LogP contribution in [0.3, 0.4) is 0 Å². The Hall–Kier alpha value is -3.09. The maximum absolute atomic E-state index is 12.8. The zero-order chi connectivity index (χ0) is 50.2. The normalized spacial score (nSPS) is 19.6. The highest BCUT2D eigenvalue weighted by Gasteiger charge is 2.46. The van der Waals surface area contributed by atoms with Crippen LogP contribution in [0.2, 0.25) is 0 Å². The van der Waals surface area contributed by atoms with Crippen molar-refractivity contribution in [3.63, 3.8) is 0 Å². The number of aromatic nitrogens is 2. The summed E-state index contributed by atoms with van der Waals surface area (Å²) in [7, 11) is -10.9. The van der Waals surface area contributed by atoms with E-state index < -0.39 is 83.7 Å². The molecule has 2 rings (SSSR count). The minimum absolute atomic E-state index is 0.0349. The van der Waals surface area contributed by atoms with E-state index in [1.54, 1.807) is 12.2 Å². The van der Waals surface area contributed by atoms with E-state index in [0.29, 0.717) is 19.3 Å². The van der Waals surface area contributed by atoms with Crippen molar-refractivity contribution in [2.75, 3.05) is 25.6 Å². The van der Waals surface area contributed by atoms with Gasteiger partial charge in [0.25, 0.3) is 0 Å². The van der Waals surface area contributed by atoms with E-state index in [1.165, 1.54) is 51.0 Å². The van der Waals surface area contributed by atoms with Crippen molar-refractivity contribution in [1.29, 1.82) is 0 Å². The largest absolute Gasteiger partial charge is 0.481 e. The molecule has 1 saturated heterocycles. The molecule has 0 aliphatic carbocycles. The van der Waals surface area contributed by atoms with E-state index in [-0.39, 0.29) is 24.4 Å². The smallest absolute Gasteiger partial charge is 0.462 e. The van der Waals surface area contributed by atoms with Gasteiger partial charge in [0.05, 0.1) is 13.2 Å². The topological polar surface area (TPSA) is 283 Å². The molecule has 1 aliphatic rings. The summed E-state index contributed by atoms with van der Waals surface area (Å²) in [4.78, 5) is 73.6. The van der Waals surface area contributed by atoms with Crippen LogP contribution in [-0.4, -0.2) is 91.5 Å². The lowest BCUT2D eigenvalue weighted by Crippen LogP contribution is -2.36. The molecule has 390 valence electrons. The Morgan fingerprint density at radius 1 is 0.779 bits per heavy atom. The van der Waals surface area contributed by atoms with Crippen LogP contribution in [0.15, 0.2) is 41.4 Å². The first-order chi connectivity index (χ1) is 32.4. The third-order valence-corrected chi connectivity index (χ3v) is 13.8. The number of nitrogens with two attached hydrogens (primary N) is 1. The summed E-state index contributed by atoms with van der Waals surface area (Å²) in [6, 6.07) is 1.24. The fourth-order valence-electron chi connectivity index (χ4n) is 7.30. The number of phosphoric acid groups is 2. The Morgan fingerprint density at radius 3 is 1.97 bits per heavy atom. The summed E-state index contributed by atoms with van der Waals surface area (Å²) >= 11 is 0. The average Bonchev–Trinajstić information content (AvgIpc) is 3.55. The number of carbonyl (C=O) groups excluding carboxylic acids is 3.